The maximum atomic E-state index is 12.0. The molecule has 0 spiro atoms. The van der Waals surface area contributed by atoms with Crippen LogP contribution in [0.2, 0.25) is 0 Å². The summed E-state index contributed by atoms with van der Waals surface area (Å²) in [4.78, 5) is 23.2. The predicted octanol–water partition coefficient (Wildman–Crippen LogP) is 3.94. The van der Waals surface area contributed by atoms with E-state index in [4.69, 9.17) is 0 Å². The molecule has 0 radical (unpaired) electrons. The number of hydrogen-bond donors (Lipinski definition) is 2. The van der Waals surface area contributed by atoms with E-state index >= 15 is 0 Å². The molecule has 0 saturated heterocycles. The third-order valence-corrected chi connectivity index (χ3v) is 4.24. The number of amides is 1. The van der Waals surface area contributed by atoms with Crippen LogP contribution >= 0.6 is 15.9 Å². The number of Topliss-reactive ketones (excluding diaryl/α,β-unsaturated/α-hetero) is 1. The van der Waals surface area contributed by atoms with Crippen LogP contribution in [-0.4, -0.2) is 18.2 Å². The fourth-order valence-corrected chi connectivity index (χ4v) is 2.80. The molecule has 4 nitrogen and oxygen atoms in total. The number of hydrogen-bond acceptors (Lipinski definition) is 3. The van der Waals surface area contributed by atoms with Gasteiger partial charge in [0.1, 0.15) is 0 Å². The lowest BCUT2D eigenvalue weighted by Gasteiger charge is -2.15. The number of ketones is 1. The molecule has 1 atom stereocenters. The summed E-state index contributed by atoms with van der Waals surface area (Å²) in [5, 5.41) is 6.00. The van der Waals surface area contributed by atoms with E-state index in [1.54, 1.807) is 24.3 Å². The normalized spacial score (nSPS) is 11.8. The lowest BCUT2D eigenvalue weighted by atomic mass is 10.1. The highest BCUT2D eigenvalue weighted by molar-refractivity contribution is 9.10. The number of halogens is 1. The van der Waals surface area contributed by atoms with Crippen LogP contribution in [0.4, 0.5) is 5.69 Å². The summed E-state index contributed by atoms with van der Waals surface area (Å²) in [5.41, 5.74) is 2.41. The Morgan fingerprint density at radius 1 is 1.09 bits per heavy atom. The summed E-state index contributed by atoms with van der Waals surface area (Å²) in [6.07, 6.45) is 0. The van der Waals surface area contributed by atoms with Crippen molar-refractivity contribution in [3.63, 3.8) is 0 Å². The number of rotatable bonds is 6. The zero-order valence-corrected chi connectivity index (χ0v) is 14.7. The van der Waals surface area contributed by atoms with E-state index in [1.165, 1.54) is 6.92 Å². The van der Waals surface area contributed by atoms with Crippen LogP contribution in [0.5, 0.6) is 0 Å². The van der Waals surface area contributed by atoms with Gasteiger partial charge in [0.2, 0.25) is 5.91 Å². The number of anilines is 1. The van der Waals surface area contributed by atoms with Gasteiger partial charge in [-0.2, -0.15) is 0 Å². The molecule has 0 bridgehead atoms. The van der Waals surface area contributed by atoms with Crippen LogP contribution in [0.1, 0.15) is 35.8 Å². The van der Waals surface area contributed by atoms with Crippen LogP contribution in [0, 0.1) is 0 Å². The first-order valence-electron chi connectivity index (χ1n) is 7.36. The van der Waals surface area contributed by atoms with Crippen LogP contribution in [-0.2, 0) is 4.79 Å². The van der Waals surface area contributed by atoms with Gasteiger partial charge in [0.15, 0.2) is 5.78 Å². The zero-order chi connectivity index (χ0) is 16.8. The second-order valence-corrected chi connectivity index (χ2v) is 6.16. The van der Waals surface area contributed by atoms with Crippen molar-refractivity contribution >= 4 is 33.3 Å². The molecule has 1 amide bonds. The Balaban J connectivity index is 1.87. The number of carbonyl (C=O) groups excluding carboxylic acids is 2. The molecule has 0 aliphatic carbocycles. The first-order chi connectivity index (χ1) is 11.0. The van der Waals surface area contributed by atoms with Crippen LogP contribution in [0.3, 0.4) is 0 Å². The Kier molecular flexibility index (Phi) is 6.07. The van der Waals surface area contributed by atoms with Crippen molar-refractivity contribution < 1.29 is 9.59 Å². The maximum absolute atomic E-state index is 12.0. The molecule has 0 aliphatic heterocycles. The highest BCUT2D eigenvalue weighted by Crippen LogP contribution is 2.22. The summed E-state index contributed by atoms with van der Waals surface area (Å²) in [6, 6.07) is 14.8. The molecule has 0 aromatic heterocycles. The van der Waals surface area contributed by atoms with E-state index in [-0.39, 0.29) is 24.3 Å². The van der Waals surface area contributed by atoms with Crippen molar-refractivity contribution in [3.8, 4) is 0 Å². The topological polar surface area (TPSA) is 58.2 Å². The van der Waals surface area contributed by atoms with E-state index in [9.17, 15) is 9.59 Å². The van der Waals surface area contributed by atoms with Gasteiger partial charge in [-0.15, -0.1) is 0 Å². The van der Waals surface area contributed by atoms with Crippen molar-refractivity contribution in [2.75, 3.05) is 11.9 Å². The number of nitrogens with one attached hydrogen (secondary N) is 2. The van der Waals surface area contributed by atoms with Gasteiger partial charge >= 0.3 is 0 Å². The van der Waals surface area contributed by atoms with E-state index in [0.29, 0.717) is 11.3 Å². The molecule has 2 N–H and O–H groups in total. The first kappa shape index (κ1) is 17.4. The molecular weight excluding hydrogens is 356 g/mol. The van der Waals surface area contributed by atoms with Crippen molar-refractivity contribution in [2.24, 2.45) is 0 Å². The molecule has 2 aromatic carbocycles. The van der Waals surface area contributed by atoms with E-state index in [2.05, 4.69) is 26.6 Å². The summed E-state index contributed by atoms with van der Waals surface area (Å²) < 4.78 is 1.01. The van der Waals surface area contributed by atoms with Crippen molar-refractivity contribution in [3.05, 3.63) is 64.1 Å². The zero-order valence-electron chi connectivity index (χ0n) is 13.1. The third-order valence-electron chi connectivity index (χ3n) is 3.52. The third kappa shape index (κ3) is 5.01. The standard InChI is InChI=1S/C18H19BrN2O2/c1-12(16-5-3-4-6-17(16)19)20-11-18(23)21-15-9-7-14(8-10-15)13(2)22/h3-10,12,20H,11H2,1-2H3,(H,21,23). The second kappa shape index (κ2) is 8.04. The van der Waals surface area contributed by atoms with Crippen LogP contribution < -0.4 is 10.6 Å². The molecule has 0 heterocycles. The molecular formula is C18H19BrN2O2. The summed E-state index contributed by atoms with van der Waals surface area (Å²) in [7, 11) is 0. The molecule has 0 saturated carbocycles. The van der Waals surface area contributed by atoms with Crippen molar-refractivity contribution in [1.82, 2.24) is 5.32 Å². The van der Waals surface area contributed by atoms with Crippen molar-refractivity contribution in [1.29, 1.82) is 0 Å². The quantitative estimate of drug-likeness (QED) is 0.752. The molecule has 5 heteroatoms. The van der Waals surface area contributed by atoms with Gasteiger partial charge in [-0.25, -0.2) is 0 Å². The molecule has 0 fully saturated rings. The first-order valence-corrected chi connectivity index (χ1v) is 8.15. The summed E-state index contributed by atoms with van der Waals surface area (Å²) in [6.45, 7) is 3.73. The Labute approximate surface area is 144 Å². The molecule has 2 rings (SSSR count). The smallest absolute Gasteiger partial charge is 0.238 e. The van der Waals surface area contributed by atoms with Gasteiger partial charge in [0.05, 0.1) is 6.54 Å². The Morgan fingerprint density at radius 2 is 1.74 bits per heavy atom. The molecule has 0 aliphatic rings. The van der Waals surface area contributed by atoms with Gasteiger partial charge < -0.3 is 10.6 Å². The van der Waals surface area contributed by atoms with Gasteiger partial charge in [-0.1, -0.05) is 34.1 Å². The lowest BCUT2D eigenvalue weighted by molar-refractivity contribution is -0.115. The second-order valence-electron chi connectivity index (χ2n) is 5.31. The monoisotopic (exact) mass is 374 g/mol. The fraction of sp³-hybridized carbons (Fsp3) is 0.222. The minimum absolute atomic E-state index is 0.00630. The largest absolute Gasteiger partial charge is 0.325 e. The Morgan fingerprint density at radius 3 is 2.35 bits per heavy atom. The molecule has 120 valence electrons. The average Bonchev–Trinajstić information content (AvgIpc) is 2.53. The van der Waals surface area contributed by atoms with Crippen molar-refractivity contribution in [2.45, 2.75) is 19.9 Å². The Hall–Kier alpha value is -1.98. The van der Waals surface area contributed by atoms with Gasteiger partial charge in [0, 0.05) is 21.8 Å². The number of carbonyl (C=O) groups is 2. The van der Waals surface area contributed by atoms with E-state index in [0.717, 1.165) is 10.0 Å². The predicted molar refractivity (Wildman–Crippen MR) is 95.6 cm³/mol. The van der Waals surface area contributed by atoms with Gasteiger partial charge in [-0.3, -0.25) is 9.59 Å². The highest BCUT2D eigenvalue weighted by Gasteiger charge is 2.10. The minimum Gasteiger partial charge on any atom is -0.325 e. The average molecular weight is 375 g/mol. The van der Waals surface area contributed by atoms with E-state index < -0.39 is 0 Å². The molecule has 23 heavy (non-hydrogen) atoms. The Bertz CT molecular complexity index is 698. The highest BCUT2D eigenvalue weighted by atomic mass is 79.9. The van der Waals surface area contributed by atoms with Gasteiger partial charge in [-0.05, 0) is 49.7 Å². The fourth-order valence-electron chi connectivity index (χ4n) is 2.18. The lowest BCUT2D eigenvalue weighted by Crippen LogP contribution is -2.30. The van der Waals surface area contributed by atoms with E-state index in [1.807, 2.05) is 31.2 Å². The summed E-state index contributed by atoms with van der Waals surface area (Å²) in [5.74, 6) is -0.119. The summed E-state index contributed by atoms with van der Waals surface area (Å²) >= 11 is 3.51. The van der Waals surface area contributed by atoms with Crippen LogP contribution in [0.25, 0.3) is 0 Å². The minimum atomic E-state index is -0.125. The van der Waals surface area contributed by atoms with Crippen LogP contribution in [0.15, 0.2) is 53.0 Å². The maximum Gasteiger partial charge on any atom is 0.238 e. The molecule has 2 aromatic rings. The number of benzene rings is 2. The molecule has 1 unspecified atom stereocenters. The SMILES string of the molecule is CC(=O)c1ccc(NC(=O)CNC(C)c2ccccc2Br)cc1. The van der Waals surface area contributed by atoms with Gasteiger partial charge in [0.25, 0.3) is 0 Å².